The molecule has 3 nitrogen and oxygen atoms in total. The average Bonchev–Trinajstić information content (AvgIpc) is 2.63. The predicted octanol–water partition coefficient (Wildman–Crippen LogP) is 5.34. The van der Waals surface area contributed by atoms with Gasteiger partial charge in [0.05, 0.1) is 29.5 Å². The van der Waals surface area contributed by atoms with E-state index < -0.39 is 0 Å². The molecule has 0 saturated carbocycles. The molecule has 0 bridgehead atoms. The highest BCUT2D eigenvalue weighted by Crippen LogP contribution is 2.32. The molecule has 0 aliphatic rings. The van der Waals surface area contributed by atoms with Crippen LogP contribution < -0.4 is 5.32 Å². The smallest absolute Gasteiger partial charge is 0.257 e. The van der Waals surface area contributed by atoms with Crippen molar-refractivity contribution in [3.8, 4) is 0 Å². The summed E-state index contributed by atoms with van der Waals surface area (Å²) in [6.45, 7) is 0. The zero-order valence-electron chi connectivity index (χ0n) is 8.51. The van der Waals surface area contributed by atoms with E-state index in [1.807, 2.05) is 0 Å². The number of anilines is 1. The molecule has 2 rings (SSSR count). The molecule has 0 aliphatic carbocycles. The van der Waals surface area contributed by atoms with Gasteiger partial charge in [-0.25, -0.2) is 4.98 Å². The van der Waals surface area contributed by atoms with E-state index in [9.17, 15) is 4.79 Å². The molecule has 18 heavy (non-hydrogen) atoms. The molecular weight excluding hydrogens is 471 g/mol. The van der Waals surface area contributed by atoms with E-state index in [1.54, 1.807) is 12.1 Å². The van der Waals surface area contributed by atoms with Crippen LogP contribution in [-0.2, 0) is 0 Å². The quantitative estimate of drug-likeness (QED) is 0.597. The molecule has 0 aromatic carbocycles. The highest BCUT2D eigenvalue weighted by molar-refractivity contribution is 9.12. The van der Waals surface area contributed by atoms with Crippen LogP contribution >= 0.6 is 70.7 Å². The molecule has 0 atom stereocenters. The fourth-order valence-electron chi connectivity index (χ4n) is 1.18. The molecule has 2 heterocycles. The van der Waals surface area contributed by atoms with Crippen molar-refractivity contribution in [2.45, 2.75) is 0 Å². The minimum atomic E-state index is -0.208. The number of nitrogens with zero attached hydrogens (tertiary/aromatic N) is 1. The molecule has 0 radical (unpaired) electrons. The second kappa shape index (κ2) is 6.00. The molecule has 1 N–H and O–H groups in total. The lowest BCUT2D eigenvalue weighted by Crippen LogP contribution is -2.11. The minimum absolute atomic E-state index is 0.208. The molecule has 2 aromatic heterocycles. The number of carbonyl (C=O) groups excluding carboxylic acids is 1. The first-order valence-electron chi connectivity index (χ1n) is 4.54. The predicted molar refractivity (Wildman–Crippen MR) is 84.6 cm³/mol. The van der Waals surface area contributed by atoms with Gasteiger partial charge in [-0.3, -0.25) is 4.79 Å². The Kier molecular flexibility index (Phi) is 4.82. The summed E-state index contributed by atoms with van der Waals surface area (Å²) >= 11 is 17.1. The van der Waals surface area contributed by atoms with Crippen LogP contribution in [0.2, 0.25) is 5.15 Å². The van der Waals surface area contributed by atoms with Crippen molar-refractivity contribution in [1.29, 1.82) is 0 Å². The van der Waals surface area contributed by atoms with E-state index in [0.29, 0.717) is 20.9 Å². The lowest BCUT2D eigenvalue weighted by molar-refractivity contribution is 0.102. The Morgan fingerprint density at radius 2 is 2.06 bits per heavy atom. The summed E-state index contributed by atoms with van der Waals surface area (Å²) in [5.41, 5.74) is 1.14. The normalized spacial score (nSPS) is 10.4. The van der Waals surface area contributed by atoms with Crippen LogP contribution in [0.25, 0.3) is 0 Å². The van der Waals surface area contributed by atoms with E-state index in [4.69, 9.17) is 11.6 Å². The van der Waals surface area contributed by atoms with Gasteiger partial charge in [0.1, 0.15) is 5.15 Å². The molecular formula is C10H4Br3ClN2OS. The van der Waals surface area contributed by atoms with E-state index in [2.05, 4.69) is 58.1 Å². The third-order valence-corrected chi connectivity index (χ3v) is 5.43. The number of nitrogens with one attached hydrogen (secondary N) is 1. The van der Waals surface area contributed by atoms with Gasteiger partial charge < -0.3 is 5.32 Å². The van der Waals surface area contributed by atoms with Crippen molar-refractivity contribution in [3.05, 3.63) is 41.1 Å². The molecule has 2 aromatic rings. The lowest BCUT2D eigenvalue weighted by Gasteiger charge is -2.05. The van der Waals surface area contributed by atoms with Crippen molar-refractivity contribution in [3.63, 3.8) is 0 Å². The molecule has 0 unspecified atom stereocenters. The van der Waals surface area contributed by atoms with Crippen molar-refractivity contribution < 1.29 is 4.79 Å². The van der Waals surface area contributed by atoms with Gasteiger partial charge in [-0.2, -0.15) is 0 Å². The zero-order chi connectivity index (χ0) is 13.3. The van der Waals surface area contributed by atoms with E-state index in [1.165, 1.54) is 17.5 Å². The number of pyridine rings is 1. The number of aromatic nitrogens is 1. The third kappa shape index (κ3) is 3.33. The van der Waals surface area contributed by atoms with Crippen molar-refractivity contribution in [1.82, 2.24) is 4.98 Å². The van der Waals surface area contributed by atoms with Gasteiger partial charge in [-0.05, 0) is 59.9 Å². The molecule has 1 amide bonds. The summed E-state index contributed by atoms with van der Waals surface area (Å²) in [4.78, 5) is 16.0. The molecule has 0 spiro atoms. The van der Waals surface area contributed by atoms with Gasteiger partial charge in [0, 0.05) is 0 Å². The highest BCUT2D eigenvalue weighted by Gasteiger charge is 2.14. The van der Waals surface area contributed by atoms with E-state index >= 15 is 0 Å². The molecule has 0 fully saturated rings. The fraction of sp³-hybridized carbons (Fsp3) is 0. The fourth-order valence-corrected chi connectivity index (χ4v) is 4.43. The second-order valence-corrected chi connectivity index (χ2v) is 8.15. The van der Waals surface area contributed by atoms with Crippen LogP contribution in [-0.4, -0.2) is 10.9 Å². The van der Waals surface area contributed by atoms with Crippen LogP contribution in [0.4, 0.5) is 5.69 Å². The van der Waals surface area contributed by atoms with Crippen molar-refractivity contribution >= 4 is 82.3 Å². The molecule has 8 heteroatoms. The summed E-state index contributed by atoms with van der Waals surface area (Å²) < 4.78 is 2.29. The standard InChI is InChI=1S/C10H4Br3ClN2OS/c11-6-1-4(3-15-9(6)14)16-10(17)5-2-7(12)18-8(5)13/h1-3H,(H,16,17). The van der Waals surface area contributed by atoms with Crippen LogP contribution in [0.1, 0.15) is 10.4 Å². The summed E-state index contributed by atoms with van der Waals surface area (Å²) in [7, 11) is 0. The number of hydrogen-bond donors (Lipinski definition) is 1. The maximum Gasteiger partial charge on any atom is 0.257 e. The number of halogens is 4. The Balaban J connectivity index is 2.21. The lowest BCUT2D eigenvalue weighted by atomic mass is 10.3. The first-order chi connectivity index (χ1) is 8.47. The topological polar surface area (TPSA) is 42.0 Å². The average molecular weight is 475 g/mol. The Hall–Kier alpha value is 0.0500. The first kappa shape index (κ1) is 14.5. The Morgan fingerprint density at radius 3 is 2.61 bits per heavy atom. The summed E-state index contributed by atoms with van der Waals surface area (Å²) in [6.07, 6.45) is 1.50. The monoisotopic (exact) mass is 472 g/mol. The minimum Gasteiger partial charge on any atom is -0.320 e. The Bertz CT molecular complexity index is 617. The van der Waals surface area contributed by atoms with Crippen LogP contribution in [0.15, 0.2) is 30.4 Å². The summed E-state index contributed by atoms with van der Waals surface area (Å²) in [5, 5.41) is 3.10. The van der Waals surface area contributed by atoms with Crippen LogP contribution in [0.5, 0.6) is 0 Å². The van der Waals surface area contributed by atoms with E-state index in [0.717, 1.165) is 7.57 Å². The largest absolute Gasteiger partial charge is 0.320 e. The highest BCUT2D eigenvalue weighted by atomic mass is 79.9. The number of thiophene rings is 1. The summed E-state index contributed by atoms with van der Waals surface area (Å²) in [6, 6.07) is 3.45. The number of amides is 1. The molecule has 0 saturated heterocycles. The van der Waals surface area contributed by atoms with Gasteiger partial charge in [-0.1, -0.05) is 11.6 Å². The maximum atomic E-state index is 12.0. The molecule has 94 valence electrons. The number of carbonyl (C=O) groups is 1. The van der Waals surface area contributed by atoms with Gasteiger partial charge in [0.25, 0.3) is 5.91 Å². The SMILES string of the molecule is O=C(Nc1cnc(Cl)c(Br)c1)c1cc(Br)sc1Br. The first-order valence-corrected chi connectivity index (χ1v) is 8.12. The number of rotatable bonds is 2. The Morgan fingerprint density at radius 1 is 1.33 bits per heavy atom. The third-order valence-electron chi connectivity index (χ3n) is 1.96. The van der Waals surface area contributed by atoms with Gasteiger partial charge in [0.2, 0.25) is 0 Å². The second-order valence-electron chi connectivity index (χ2n) is 3.19. The maximum absolute atomic E-state index is 12.0. The van der Waals surface area contributed by atoms with Crippen LogP contribution in [0, 0.1) is 0 Å². The van der Waals surface area contributed by atoms with Gasteiger partial charge in [0.15, 0.2) is 0 Å². The van der Waals surface area contributed by atoms with Crippen LogP contribution in [0.3, 0.4) is 0 Å². The van der Waals surface area contributed by atoms with Crippen molar-refractivity contribution in [2.24, 2.45) is 0 Å². The number of hydrogen-bond acceptors (Lipinski definition) is 3. The Labute approximate surface area is 137 Å². The zero-order valence-corrected chi connectivity index (χ0v) is 14.8. The van der Waals surface area contributed by atoms with Gasteiger partial charge in [-0.15, -0.1) is 11.3 Å². The van der Waals surface area contributed by atoms with Gasteiger partial charge >= 0.3 is 0 Å². The van der Waals surface area contributed by atoms with E-state index in [-0.39, 0.29) is 5.91 Å². The van der Waals surface area contributed by atoms with Crippen molar-refractivity contribution in [2.75, 3.05) is 5.32 Å². The summed E-state index contributed by atoms with van der Waals surface area (Å²) in [5.74, 6) is -0.208. The molecule has 0 aliphatic heterocycles.